The van der Waals surface area contributed by atoms with Gasteiger partial charge in [-0.1, -0.05) is 0 Å². The van der Waals surface area contributed by atoms with Crippen LogP contribution in [0.4, 0.5) is 0 Å². The van der Waals surface area contributed by atoms with Crippen LogP contribution < -0.4 is 5.73 Å². The third-order valence-corrected chi connectivity index (χ3v) is 1.97. The van der Waals surface area contributed by atoms with Crippen LogP contribution >= 0.6 is 15.9 Å². The first-order chi connectivity index (χ1) is 4.75. The minimum absolute atomic E-state index is 0.610. The monoisotopic (exact) mass is 204 g/mol. The molecule has 0 fully saturated rings. The number of aromatic nitrogens is 3. The lowest BCUT2D eigenvalue weighted by Crippen LogP contribution is -2.07. The molecule has 0 radical (unpaired) electrons. The molecule has 5 heteroatoms. The first-order valence-electron chi connectivity index (χ1n) is 2.99. The summed E-state index contributed by atoms with van der Waals surface area (Å²) in [6.45, 7) is 0.610. The maximum absolute atomic E-state index is 5.34. The normalized spacial score (nSPS) is 10.3. The molecule has 4 nitrogen and oxygen atoms in total. The van der Waals surface area contributed by atoms with Crippen molar-refractivity contribution in [2.75, 3.05) is 6.54 Å². The molecule has 0 saturated carbocycles. The van der Waals surface area contributed by atoms with Crippen molar-refractivity contribution in [2.24, 2.45) is 12.8 Å². The van der Waals surface area contributed by atoms with Crippen molar-refractivity contribution in [3.05, 3.63) is 10.6 Å². The predicted molar refractivity (Wildman–Crippen MR) is 41.5 cm³/mol. The van der Waals surface area contributed by atoms with Crippen molar-refractivity contribution >= 4 is 15.9 Å². The fraction of sp³-hybridized carbons (Fsp3) is 0.600. The molecule has 2 N–H and O–H groups in total. The van der Waals surface area contributed by atoms with Gasteiger partial charge in [0, 0.05) is 13.5 Å². The van der Waals surface area contributed by atoms with Crippen molar-refractivity contribution in [1.82, 2.24) is 14.8 Å². The highest BCUT2D eigenvalue weighted by molar-refractivity contribution is 9.10. The summed E-state index contributed by atoms with van der Waals surface area (Å²) in [6.07, 6.45) is 0.773. The molecule has 0 atom stereocenters. The van der Waals surface area contributed by atoms with Crippen LogP contribution in [0.1, 0.15) is 5.82 Å². The minimum Gasteiger partial charge on any atom is -0.330 e. The van der Waals surface area contributed by atoms with E-state index >= 15 is 0 Å². The molecule has 1 heterocycles. The first-order valence-corrected chi connectivity index (χ1v) is 3.79. The molecule has 0 aliphatic rings. The molecule has 1 aromatic rings. The summed E-state index contributed by atoms with van der Waals surface area (Å²) in [4.78, 5) is 0. The van der Waals surface area contributed by atoms with Gasteiger partial charge < -0.3 is 10.3 Å². The average Bonchev–Trinajstić information content (AvgIpc) is 2.20. The fourth-order valence-corrected chi connectivity index (χ4v) is 0.970. The van der Waals surface area contributed by atoms with E-state index < -0.39 is 0 Å². The van der Waals surface area contributed by atoms with Gasteiger partial charge in [0.1, 0.15) is 5.82 Å². The van der Waals surface area contributed by atoms with E-state index in [0.717, 1.165) is 17.0 Å². The highest BCUT2D eigenvalue weighted by Gasteiger charge is 2.02. The summed E-state index contributed by atoms with van der Waals surface area (Å²) in [5, 5.41) is 7.70. The number of halogens is 1. The maximum atomic E-state index is 5.34. The first kappa shape index (κ1) is 7.68. The molecule has 0 amide bonds. The van der Waals surface area contributed by atoms with Gasteiger partial charge in [-0.25, -0.2) is 0 Å². The average molecular weight is 205 g/mol. The molecule has 10 heavy (non-hydrogen) atoms. The van der Waals surface area contributed by atoms with Crippen LogP contribution in [0.2, 0.25) is 0 Å². The molecule has 0 aromatic carbocycles. The van der Waals surface area contributed by atoms with Gasteiger partial charge >= 0.3 is 0 Å². The molecule has 0 aliphatic heterocycles. The van der Waals surface area contributed by atoms with Gasteiger partial charge in [-0.15, -0.1) is 10.2 Å². The van der Waals surface area contributed by atoms with Gasteiger partial charge in [0.05, 0.1) is 0 Å². The van der Waals surface area contributed by atoms with Crippen molar-refractivity contribution in [1.29, 1.82) is 0 Å². The summed E-state index contributed by atoms with van der Waals surface area (Å²) in [5.41, 5.74) is 5.34. The SMILES string of the molecule is Cn1c(Br)nnc1CCN. The molecule has 0 unspecified atom stereocenters. The third kappa shape index (κ3) is 1.35. The van der Waals surface area contributed by atoms with Gasteiger partial charge in [0.2, 0.25) is 0 Å². The predicted octanol–water partition coefficient (Wildman–Crippen LogP) is 0.0788. The Hall–Kier alpha value is -0.420. The van der Waals surface area contributed by atoms with E-state index in [1.54, 1.807) is 0 Å². The van der Waals surface area contributed by atoms with Gasteiger partial charge in [0.25, 0.3) is 0 Å². The van der Waals surface area contributed by atoms with Crippen LogP contribution in [0.3, 0.4) is 0 Å². The van der Waals surface area contributed by atoms with Gasteiger partial charge in [-0.2, -0.15) is 0 Å². The molecular weight excluding hydrogens is 196 g/mol. The van der Waals surface area contributed by atoms with Crippen molar-refractivity contribution in [2.45, 2.75) is 6.42 Å². The second kappa shape index (κ2) is 3.12. The number of hydrogen-bond acceptors (Lipinski definition) is 3. The largest absolute Gasteiger partial charge is 0.330 e. The number of rotatable bonds is 2. The Kier molecular flexibility index (Phi) is 2.39. The van der Waals surface area contributed by atoms with Crippen LogP contribution in [0.25, 0.3) is 0 Å². The lowest BCUT2D eigenvalue weighted by Gasteiger charge is -1.96. The Morgan fingerprint density at radius 1 is 1.60 bits per heavy atom. The topological polar surface area (TPSA) is 56.7 Å². The smallest absolute Gasteiger partial charge is 0.199 e. The summed E-state index contributed by atoms with van der Waals surface area (Å²) in [7, 11) is 1.90. The molecule has 0 saturated heterocycles. The van der Waals surface area contributed by atoms with E-state index in [1.807, 2.05) is 11.6 Å². The zero-order valence-corrected chi connectivity index (χ0v) is 7.30. The lowest BCUT2D eigenvalue weighted by atomic mass is 10.4. The van der Waals surface area contributed by atoms with E-state index in [1.165, 1.54) is 0 Å². The van der Waals surface area contributed by atoms with Crippen LogP contribution in [0.5, 0.6) is 0 Å². The Labute approximate surface area is 67.6 Å². The van der Waals surface area contributed by atoms with Gasteiger partial charge in [0.15, 0.2) is 4.73 Å². The summed E-state index contributed by atoms with van der Waals surface area (Å²) in [6, 6.07) is 0. The molecule has 0 spiro atoms. The maximum Gasteiger partial charge on any atom is 0.199 e. The van der Waals surface area contributed by atoms with Crippen LogP contribution in [0, 0.1) is 0 Å². The van der Waals surface area contributed by atoms with Crippen LogP contribution in [-0.4, -0.2) is 21.3 Å². The third-order valence-electron chi connectivity index (χ3n) is 1.28. The second-order valence-corrected chi connectivity index (χ2v) is 2.69. The van der Waals surface area contributed by atoms with E-state index in [2.05, 4.69) is 26.1 Å². The van der Waals surface area contributed by atoms with Crippen LogP contribution in [-0.2, 0) is 13.5 Å². The number of nitrogens with two attached hydrogens (primary N) is 1. The molecule has 1 rings (SSSR count). The fourth-order valence-electron chi connectivity index (χ4n) is 0.686. The Balaban J connectivity index is 2.83. The van der Waals surface area contributed by atoms with Crippen LogP contribution in [0.15, 0.2) is 4.73 Å². The summed E-state index contributed by atoms with van der Waals surface area (Å²) >= 11 is 3.23. The van der Waals surface area contributed by atoms with Crippen molar-refractivity contribution in [3.63, 3.8) is 0 Å². The highest BCUT2D eigenvalue weighted by Crippen LogP contribution is 2.05. The Bertz CT molecular complexity index is 219. The number of nitrogens with zero attached hydrogens (tertiary/aromatic N) is 3. The molecule has 56 valence electrons. The van der Waals surface area contributed by atoms with E-state index in [-0.39, 0.29) is 0 Å². The summed E-state index contributed by atoms with van der Waals surface area (Å²) < 4.78 is 2.61. The molecular formula is C5H9BrN4. The van der Waals surface area contributed by atoms with Gasteiger partial charge in [-0.3, -0.25) is 0 Å². The Morgan fingerprint density at radius 3 is 2.70 bits per heavy atom. The lowest BCUT2D eigenvalue weighted by molar-refractivity contribution is 0.767. The van der Waals surface area contributed by atoms with E-state index in [0.29, 0.717) is 6.54 Å². The second-order valence-electron chi connectivity index (χ2n) is 1.98. The summed E-state index contributed by atoms with van der Waals surface area (Å²) in [5.74, 6) is 0.911. The standard InChI is InChI=1S/C5H9BrN4/c1-10-4(2-3-7)8-9-5(10)6/h2-3,7H2,1H3. The Morgan fingerprint density at radius 2 is 2.30 bits per heavy atom. The molecule has 0 aliphatic carbocycles. The van der Waals surface area contributed by atoms with Gasteiger partial charge in [-0.05, 0) is 22.5 Å². The zero-order valence-electron chi connectivity index (χ0n) is 5.71. The van der Waals surface area contributed by atoms with Crippen molar-refractivity contribution < 1.29 is 0 Å². The van der Waals surface area contributed by atoms with E-state index in [4.69, 9.17) is 5.73 Å². The molecule has 1 aromatic heterocycles. The van der Waals surface area contributed by atoms with E-state index in [9.17, 15) is 0 Å². The number of hydrogen-bond donors (Lipinski definition) is 1. The quantitative estimate of drug-likeness (QED) is 0.743. The van der Waals surface area contributed by atoms with Crippen molar-refractivity contribution in [3.8, 4) is 0 Å². The highest BCUT2D eigenvalue weighted by atomic mass is 79.9. The minimum atomic E-state index is 0.610. The molecule has 0 bridgehead atoms. The zero-order chi connectivity index (χ0) is 7.56.